The van der Waals surface area contributed by atoms with Gasteiger partial charge in [-0.2, -0.15) is 5.10 Å². The van der Waals surface area contributed by atoms with Gasteiger partial charge in [0.25, 0.3) is 11.6 Å². The Hall–Kier alpha value is -4.01. The number of nitro benzene ring substituents is 1. The Morgan fingerprint density at radius 3 is 2.34 bits per heavy atom. The zero-order valence-corrected chi connectivity index (χ0v) is 15.8. The van der Waals surface area contributed by atoms with Crippen LogP contribution in [0.1, 0.15) is 24.2 Å². The molecular weight excluding hydrogens is 374 g/mol. The molecule has 1 heterocycles. The van der Waals surface area contributed by atoms with Crippen LogP contribution < -0.4 is 10.6 Å². The number of nitrogens with zero attached hydrogens (tertiary/aromatic N) is 3. The van der Waals surface area contributed by atoms with Crippen molar-refractivity contribution in [1.82, 2.24) is 9.78 Å². The smallest absolute Gasteiger partial charge is 0.269 e. The van der Waals surface area contributed by atoms with Crippen molar-refractivity contribution in [2.75, 3.05) is 10.6 Å². The first kappa shape index (κ1) is 19.7. The minimum absolute atomic E-state index is 0.0247. The summed E-state index contributed by atoms with van der Waals surface area (Å²) in [5.41, 5.74) is 2.00. The van der Waals surface area contributed by atoms with Crippen LogP contribution in [0.4, 0.5) is 17.1 Å². The van der Waals surface area contributed by atoms with E-state index in [4.69, 9.17) is 0 Å². The number of amides is 2. The highest BCUT2D eigenvalue weighted by atomic mass is 16.6. The van der Waals surface area contributed by atoms with Crippen molar-refractivity contribution in [3.8, 4) is 5.69 Å². The molecule has 0 spiro atoms. The Labute approximate surface area is 166 Å². The number of hydrogen-bond donors (Lipinski definition) is 2. The van der Waals surface area contributed by atoms with Gasteiger partial charge >= 0.3 is 0 Å². The van der Waals surface area contributed by atoms with Crippen LogP contribution in [0.5, 0.6) is 0 Å². The maximum atomic E-state index is 12.5. The highest BCUT2D eigenvalue weighted by molar-refractivity contribution is 6.04. The molecule has 0 radical (unpaired) electrons. The number of nitro groups is 1. The van der Waals surface area contributed by atoms with Gasteiger partial charge in [0, 0.05) is 35.6 Å². The molecule has 0 saturated heterocycles. The number of anilines is 2. The molecule has 0 unspecified atom stereocenters. The largest absolute Gasteiger partial charge is 0.326 e. The van der Waals surface area contributed by atoms with E-state index in [-0.39, 0.29) is 23.4 Å². The van der Waals surface area contributed by atoms with Crippen molar-refractivity contribution in [3.05, 3.63) is 76.6 Å². The lowest BCUT2D eigenvalue weighted by Crippen LogP contribution is -2.18. The first-order valence-corrected chi connectivity index (χ1v) is 8.85. The summed E-state index contributed by atoms with van der Waals surface area (Å²) in [6.07, 6.45) is 2.93. The first-order valence-electron chi connectivity index (χ1n) is 8.85. The van der Waals surface area contributed by atoms with Gasteiger partial charge in [0.15, 0.2) is 0 Å². The van der Waals surface area contributed by atoms with Crippen LogP contribution in [0, 0.1) is 16.0 Å². The van der Waals surface area contributed by atoms with E-state index in [1.807, 2.05) is 0 Å². The summed E-state index contributed by atoms with van der Waals surface area (Å²) in [6.45, 7) is 3.59. The Morgan fingerprint density at radius 2 is 1.72 bits per heavy atom. The molecule has 2 aromatic carbocycles. The minimum Gasteiger partial charge on any atom is -0.326 e. The standard InChI is InChI=1S/C20H19N5O4/c1-13(2)19(26)22-15-4-3-5-16(10-15)23-20(27)14-11-21-24(12-14)17-6-8-18(9-7-17)25(28)29/h3-13H,1-2H3,(H,22,26)(H,23,27). The highest BCUT2D eigenvalue weighted by Gasteiger charge is 2.12. The second kappa shape index (κ2) is 8.34. The zero-order chi connectivity index (χ0) is 21.0. The molecule has 2 N–H and O–H groups in total. The quantitative estimate of drug-likeness (QED) is 0.490. The van der Waals surface area contributed by atoms with Gasteiger partial charge in [0.05, 0.1) is 22.4 Å². The molecule has 9 heteroatoms. The van der Waals surface area contributed by atoms with E-state index in [1.165, 1.54) is 29.2 Å². The predicted octanol–water partition coefficient (Wildman–Crippen LogP) is 3.63. The number of nitrogens with one attached hydrogen (secondary N) is 2. The van der Waals surface area contributed by atoms with Crippen LogP contribution >= 0.6 is 0 Å². The molecule has 0 aliphatic carbocycles. The Bertz CT molecular complexity index is 1060. The number of carbonyl (C=O) groups is 2. The van der Waals surface area contributed by atoms with E-state index < -0.39 is 4.92 Å². The predicted molar refractivity (Wildman–Crippen MR) is 108 cm³/mol. The lowest BCUT2D eigenvalue weighted by atomic mass is 10.2. The van der Waals surface area contributed by atoms with Crippen LogP contribution in [-0.4, -0.2) is 26.5 Å². The topological polar surface area (TPSA) is 119 Å². The average Bonchev–Trinajstić information content (AvgIpc) is 3.18. The second-order valence-corrected chi connectivity index (χ2v) is 6.63. The van der Waals surface area contributed by atoms with Gasteiger partial charge in [0.1, 0.15) is 0 Å². The van der Waals surface area contributed by atoms with E-state index in [9.17, 15) is 19.7 Å². The normalized spacial score (nSPS) is 10.6. The number of aromatic nitrogens is 2. The Balaban J connectivity index is 1.70. The van der Waals surface area contributed by atoms with Crippen molar-refractivity contribution in [2.45, 2.75) is 13.8 Å². The van der Waals surface area contributed by atoms with Crippen molar-refractivity contribution < 1.29 is 14.5 Å². The SMILES string of the molecule is CC(C)C(=O)Nc1cccc(NC(=O)c2cnn(-c3ccc([N+](=O)[O-])cc3)c2)c1. The van der Waals surface area contributed by atoms with Crippen molar-refractivity contribution >= 4 is 28.9 Å². The molecule has 1 aromatic heterocycles. The third kappa shape index (κ3) is 4.83. The third-order valence-corrected chi connectivity index (χ3v) is 4.08. The lowest BCUT2D eigenvalue weighted by Gasteiger charge is -2.10. The van der Waals surface area contributed by atoms with Crippen molar-refractivity contribution in [1.29, 1.82) is 0 Å². The maximum absolute atomic E-state index is 12.5. The van der Waals surface area contributed by atoms with Crippen LogP contribution in [0.3, 0.4) is 0 Å². The van der Waals surface area contributed by atoms with E-state index >= 15 is 0 Å². The van der Waals surface area contributed by atoms with Gasteiger partial charge in [-0.3, -0.25) is 19.7 Å². The number of hydrogen-bond acceptors (Lipinski definition) is 5. The third-order valence-electron chi connectivity index (χ3n) is 4.08. The molecule has 29 heavy (non-hydrogen) atoms. The summed E-state index contributed by atoms with van der Waals surface area (Å²) < 4.78 is 1.46. The number of carbonyl (C=O) groups excluding carboxylic acids is 2. The molecule has 3 rings (SSSR count). The summed E-state index contributed by atoms with van der Waals surface area (Å²) in [7, 11) is 0. The molecule has 2 amide bonds. The fraction of sp³-hybridized carbons (Fsp3) is 0.150. The van der Waals surface area contributed by atoms with Gasteiger partial charge in [-0.15, -0.1) is 0 Å². The number of benzene rings is 2. The van der Waals surface area contributed by atoms with Crippen LogP contribution in [0.2, 0.25) is 0 Å². The summed E-state index contributed by atoms with van der Waals surface area (Å²) in [6, 6.07) is 12.7. The zero-order valence-electron chi connectivity index (χ0n) is 15.8. The highest BCUT2D eigenvalue weighted by Crippen LogP contribution is 2.18. The molecule has 3 aromatic rings. The molecule has 0 atom stereocenters. The van der Waals surface area contributed by atoms with E-state index in [0.717, 1.165) is 0 Å². The molecular formula is C20H19N5O4. The molecule has 0 saturated carbocycles. The summed E-state index contributed by atoms with van der Waals surface area (Å²) >= 11 is 0. The van der Waals surface area contributed by atoms with Crippen LogP contribution in [-0.2, 0) is 4.79 Å². The Kier molecular flexibility index (Phi) is 5.68. The maximum Gasteiger partial charge on any atom is 0.269 e. The monoisotopic (exact) mass is 393 g/mol. The summed E-state index contributed by atoms with van der Waals surface area (Å²) in [5, 5.41) is 20.4. The van der Waals surface area contributed by atoms with Crippen LogP contribution in [0.25, 0.3) is 5.69 Å². The molecule has 0 fully saturated rings. The van der Waals surface area contributed by atoms with Gasteiger partial charge in [-0.25, -0.2) is 4.68 Å². The Morgan fingerprint density at radius 1 is 1.07 bits per heavy atom. The molecule has 9 nitrogen and oxygen atoms in total. The van der Waals surface area contributed by atoms with E-state index in [1.54, 1.807) is 50.2 Å². The number of non-ortho nitro benzene ring substituents is 1. The summed E-state index contributed by atoms with van der Waals surface area (Å²) in [4.78, 5) is 34.6. The van der Waals surface area contributed by atoms with Gasteiger partial charge in [-0.1, -0.05) is 19.9 Å². The van der Waals surface area contributed by atoms with E-state index in [2.05, 4.69) is 15.7 Å². The second-order valence-electron chi connectivity index (χ2n) is 6.63. The fourth-order valence-corrected chi connectivity index (χ4v) is 2.47. The lowest BCUT2D eigenvalue weighted by molar-refractivity contribution is -0.384. The number of rotatable bonds is 6. The van der Waals surface area contributed by atoms with Crippen molar-refractivity contribution in [2.24, 2.45) is 5.92 Å². The summed E-state index contributed by atoms with van der Waals surface area (Å²) in [5.74, 6) is -0.637. The minimum atomic E-state index is -0.483. The van der Waals surface area contributed by atoms with E-state index in [0.29, 0.717) is 22.6 Å². The molecule has 0 bridgehead atoms. The molecule has 0 aliphatic rings. The molecule has 148 valence electrons. The van der Waals surface area contributed by atoms with Crippen LogP contribution in [0.15, 0.2) is 60.9 Å². The van der Waals surface area contributed by atoms with Gasteiger partial charge in [0.2, 0.25) is 5.91 Å². The molecule has 0 aliphatic heterocycles. The average molecular weight is 393 g/mol. The fourth-order valence-electron chi connectivity index (χ4n) is 2.47. The van der Waals surface area contributed by atoms with Crippen molar-refractivity contribution in [3.63, 3.8) is 0 Å². The van der Waals surface area contributed by atoms with Gasteiger partial charge < -0.3 is 10.6 Å². The first-order chi connectivity index (χ1) is 13.8. The van der Waals surface area contributed by atoms with Gasteiger partial charge in [-0.05, 0) is 30.3 Å².